The third kappa shape index (κ3) is 0.571. The van der Waals surface area contributed by atoms with Gasteiger partial charge < -0.3 is 4.74 Å². The summed E-state index contributed by atoms with van der Waals surface area (Å²) < 4.78 is 4.70. The fourth-order valence-electron chi connectivity index (χ4n) is 0.316. The van der Waals surface area contributed by atoms with Crippen molar-refractivity contribution in [1.82, 2.24) is 0 Å². The Labute approximate surface area is 41.6 Å². The Kier molecular flexibility index (Phi) is 0.881. The quantitative estimate of drug-likeness (QED) is 0.424. The van der Waals surface area contributed by atoms with Gasteiger partial charge in [-0.05, 0) is 18.3 Å². The van der Waals surface area contributed by atoms with E-state index in [1.807, 2.05) is 6.08 Å². The van der Waals surface area contributed by atoms with Gasteiger partial charge in [0, 0.05) is 6.42 Å². The van der Waals surface area contributed by atoms with E-state index in [0.29, 0.717) is 5.05 Å². The van der Waals surface area contributed by atoms with Gasteiger partial charge in [0.05, 0.1) is 6.26 Å². The summed E-state index contributed by atoms with van der Waals surface area (Å²) in [6, 6.07) is 0. The molecule has 1 aliphatic rings. The maximum absolute atomic E-state index is 4.70. The maximum atomic E-state index is 4.70. The van der Waals surface area contributed by atoms with Crippen molar-refractivity contribution in [2.45, 2.75) is 6.42 Å². The van der Waals surface area contributed by atoms with Crippen LogP contribution in [0.4, 0.5) is 0 Å². The van der Waals surface area contributed by atoms with Crippen LogP contribution in [-0.2, 0) is 4.74 Å². The lowest BCUT2D eigenvalue weighted by atomic mass is 10.5. The first-order chi connectivity index (χ1) is 2.89. The molecular weight excluding hydrogens is 96.1 g/mol. The van der Waals surface area contributed by atoms with E-state index in [2.05, 4.69) is 12.2 Å². The van der Waals surface area contributed by atoms with Crippen molar-refractivity contribution in [3.63, 3.8) is 0 Å². The number of hydrogen-bond acceptors (Lipinski definition) is 2. The molecular formula is C4H4OS. The molecule has 0 aromatic carbocycles. The van der Waals surface area contributed by atoms with Gasteiger partial charge in [0.25, 0.3) is 0 Å². The van der Waals surface area contributed by atoms with Gasteiger partial charge in [0.1, 0.15) is 0 Å². The SMILES string of the molecule is S=C1CC=CO1. The Morgan fingerprint density at radius 1 is 1.83 bits per heavy atom. The monoisotopic (exact) mass is 100.0 g/mol. The average Bonchev–Trinajstić information content (AvgIpc) is 1.86. The van der Waals surface area contributed by atoms with E-state index >= 15 is 0 Å². The van der Waals surface area contributed by atoms with Crippen LogP contribution in [0.15, 0.2) is 12.3 Å². The standard InChI is InChI=1S/C4H4OS/c6-4-2-1-3-5-4/h1,3H,2H2. The lowest BCUT2D eigenvalue weighted by molar-refractivity contribution is 0.495. The van der Waals surface area contributed by atoms with Crippen LogP contribution in [-0.4, -0.2) is 5.05 Å². The third-order valence-electron chi connectivity index (χ3n) is 0.580. The molecule has 0 amide bonds. The highest BCUT2D eigenvalue weighted by molar-refractivity contribution is 7.80. The Balaban J connectivity index is 2.52. The minimum Gasteiger partial charge on any atom is -0.458 e. The molecule has 1 heterocycles. The second kappa shape index (κ2) is 1.39. The minimum atomic E-state index is 0.676. The molecule has 0 N–H and O–H groups in total. The van der Waals surface area contributed by atoms with E-state index in [1.54, 1.807) is 6.26 Å². The zero-order valence-electron chi connectivity index (χ0n) is 3.18. The first kappa shape index (κ1) is 3.81. The van der Waals surface area contributed by atoms with Crippen LogP contribution in [0.25, 0.3) is 0 Å². The lowest BCUT2D eigenvalue weighted by Gasteiger charge is -1.83. The molecule has 0 atom stereocenters. The van der Waals surface area contributed by atoms with Crippen LogP contribution in [0.1, 0.15) is 6.42 Å². The molecule has 0 spiro atoms. The molecule has 1 nitrogen and oxygen atoms in total. The summed E-state index contributed by atoms with van der Waals surface area (Å²) in [5.74, 6) is 0. The van der Waals surface area contributed by atoms with E-state index in [1.165, 1.54) is 0 Å². The molecule has 1 aliphatic heterocycles. The second-order valence-electron chi connectivity index (χ2n) is 1.07. The molecule has 0 aromatic rings. The van der Waals surface area contributed by atoms with Crippen LogP contribution >= 0.6 is 12.2 Å². The Hall–Kier alpha value is -0.370. The third-order valence-corrected chi connectivity index (χ3v) is 0.843. The molecule has 0 saturated heterocycles. The van der Waals surface area contributed by atoms with Crippen LogP contribution in [0.2, 0.25) is 0 Å². The smallest absolute Gasteiger partial charge is 0.170 e. The number of thiocarbonyl (C=S) groups is 1. The van der Waals surface area contributed by atoms with Gasteiger partial charge >= 0.3 is 0 Å². The molecule has 1 rings (SSSR count). The predicted molar refractivity (Wildman–Crippen MR) is 27.4 cm³/mol. The van der Waals surface area contributed by atoms with Crippen molar-refractivity contribution in [1.29, 1.82) is 0 Å². The zero-order chi connectivity index (χ0) is 4.41. The first-order valence-electron chi connectivity index (χ1n) is 1.74. The predicted octanol–water partition coefficient (Wildman–Crippen LogP) is 1.25. The van der Waals surface area contributed by atoms with Crippen molar-refractivity contribution in [3.8, 4) is 0 Å². The minimum absolute atomic E-state index is 0.676. The molecule has 0 unspecified atom stereocenters. The summed E-state index contributed by atoms with van der Waals surface area (Å²) in [6.07, 6.45) is 4.32. The van der Waals surface area contributed by atoms with Gasteiger partial charge in [-0.3, -0.25) is 0 Å². The fourth-order valence-corrected chi connectivity index (χ4v) is 0.468. The van der Waals surface area contributed by atoms with Crippen molar-refractivity contribution in [2.24, 2.45) is 0 Å². The summed E-state index contributed by atoms with van der Waals surface area (Å²) in [7, 11) is 0. The molecule has 0 bridgehead atoms. The van der Waals surface area contributed by atoms with Gasteiger partial charge in [-0.1, -0.05) is 0 Å². The van der Waals surface area contributed by atoms with Crippen molar-refractivity contribution in [3.05, 3.63) is 12.3 Å². The Morgan fingerprint density at radius 2 is 2.67 bits per heavy atom. The Morgan fingerprint density at radius 3 is 2.83 bits per heavy atom. The lowest BCUT2D eigenvalue weighted by Crippen LogP contribution is -1.83. The summed E-state index contributed by atoms with van der Waals surface area (Å²) >= 11 is 4.63. The molecule has 0 saturated carbocycles. The first-order valence-corrected chi connectivity index (χ1v) is 2.15. The molecule has 0 aromatic heterocycles. The molecule has 0 aliphatic carbocycles. The summed E-state index contributed by atoms with van der Waals surface area (Å²) in [6.45, 7) is 0. The van der Waals surface area contributed by atoms with Crippen LogP contribution in [0.5, 0.6) is 0 Å². The second-order valence-corrected chi connectivity index (χ2v) is 1.52. The molecule has 0 radical (unpaired) electrons. The van der Waals surface area contributed by atoms with Crippen LogP contribution in [0.3, 0.4) is 0 Å². The number of rotatable bonds is 0. The summed E-state index contributed by atoms with van der Waals surface area (Å²) in [5.41, 5.74) is 0. The maximum Gasteiger partial charge on any atom is 0.170 e. The van der Waals surface area contributed by atoms with Crippen LogP contribution < -0.4 is 0 Å². The highest BCUT2D eigenvalue weighted by atomic mass is 32.1. The van der Waals surface area contributed by atoms with E-state index in [4.69, 9.17) is 4.74 Å². The molecule has 0 fully saturated rings. The van der Waals surface area contributed by atoms with E-state index in [-0.39, 0.29) is 0 Å². The van der Waals surface area contributed by atoms with E-state index < -0.39 is 0 Å². The molecule has 2 heteroatoms. The Bertz CT molecular complexity index is 85.7. The number of ether oxygens (including phenoxy) is 1. The van der Waals surface area contributed by atoms with Crippen molar-refractivity contribution < 1.29 is 4.74 Å². The number of hydrogen-bond donors (Lipinski definition) is 0. The average molecular weight is 100 g/mol. The topological polar surface area (TPSA) is 9.23 Å². The summed E-state index contributed by atoms with van der Waals surface area (Å²) in [5, 5.41) is 0.676. The largest absolute Gasteiger partial charge is 0.458 e. The molecule has 32 valence electrons. The molecule has 6 heavy (non-hydrogen) atoms. The highest BCUT2D eigenvalue weighted by Gasteiger charge is 1.95. The zero-order valence-corrected chi connectivity index (χ0v) is 3.99. The fraction of sp³-hybridized carbons (Fsp3) is 0.250. The normalized spacial score (nSPS) is 18.3. The van der Waals surface area contributed by atoms with Gasteiger partial charge in [-0.2, -0.15) is 0 Å². The van der Waals surface area contributed by atoms with Gasteiger partial charge in [-0.25, -0.2) is 0 Å². The van der Waals surface area contributed by atoms with Crippen molar-refractivity contribution >= 4 is 17.3 Å². The van der Waals surface area contributed by atoms with Crippen LogP contribution in [0, 0.1) is 0 Å². The van der Waals surface area contributed by atoms with Gasteiger partial charge in [-0.15, -0.1) is 0 Å². The van der Waals surface area contributed by atoms with Gasteiger partial charge in [0.2, 0.25) is 0 Å². The highest BCUT2D eigenvalue weighted by Crippen LogP contribution is 1.99. The van der Waals surface area contributed by atoms with E-state index in [9.17, 15) is 0 Å². The summed E-state index contributed by atoms with van der Waals surface area (Å²) in [4.78, 5) is 0. The van der Waals surface area contributed by atoms with E-state index in [0.717, 1.165) is 6.42 Å². The van der Waals surface area contributed by atoms with Crippen molar-refractivity contribution in [2.75, 3.05) is 0 Å². The van der Waals surface area contributed by atoms with Gasteiger partial charge in [0.15, 0.2) is 5.05 Å².